The number of pyridine rings is 1. The van der Waals surface area contributed by atoms with Crippen molar-refractivity contribution in [3.63, 3.8) is 0 Å². The van der Waals surface area contributed by atoms with Crippen LogP contribution in [0.2, 0.25) is 5.02 Å². The third kappa shape index (κ3) is 3.03. The molecule has 0 aliphatic carbocycles. The van der Waals surface area contributed by atoms with Crippen molar-refractivity contribution >= 4 is 23.2 Å². The molecule has 2 aromatic rings. The van der Waals surface area contributed by atoms with Crippen LogP contribution in [0, 0.1) is 0 Å². The number of rotatable bonds is 4. The molecule has 0 spiro atoms. The highest BCUT2D eigenvalue weighted by Gasteiger charge is 2.12. The fraction of sp³-hybridized carbons (Fsp3) is 0.250. The van der Waals surface area contributed by atoms with Gasteiger partial charge in [0, 0.05) is 13.1 Å². The van der Waals surface area contributed by atoms with Gasteiger partial charge in [0.1, 0.15) is 17.2 Å². The standard InChI is InChI=1S/C12H14ClN5O/c1-18(12-10(13)11(14)15-7-16-12)6-8-4-3-5-9(17-8)19-2/h3-5,7H,6H2,1-2H3,(H2,14,15,16). The van der Waals surface area contributed by atoms with Gasteiger partial charge in [-0.25, -0.2) is 15.0 Å². The number of anilines is 2. The Morgan fingerprint density at radius 1 is 1.37 bits per heavy atom. The maximum absolute atomic E-state index is 6.08. The zero-order chi connectivity index (χ0) is 13.8. The first-order chi connectivity index (χ1) is 9.11. The van der Waals surface area contributed by atoms with Crippen LogP contribution in [0.5, 0.6) is 5.88 Å². The molecule has 0 amide bonds. The predicted octanol–water partition coefficient (Wildman–Crippen LogP) is 1.75. The van der Waals surface area contributed by atoms with Gasteiger partial charge in [0.15, 0.2) is 5.82 Å². The number of nitrogens with zero attached hydrogens (tertiary/aromatic N) is 4. The first kappa shape index (κ1) is 13.4. The van der Waals surface area contributed by atoms with Crippen molar-refractivity contribution in [1.82, 2.24) is 15.0 Å². The van der Waals surface area contributed by atoms with Crippen LogP contribution in [0.4, 0.5) is 11.6 Å². The van der Waals surface area contributed by atoms with E-state index in [2.05, 4.69) is 15.0 Å². The fourth-order valence-corrected chi connectivity index (χ4v) is 1.86. The number of ether oxygens (including phenoxy) is 1. The molecule has 2 heterocycles. The maximum atomic E-state index is 6.08. The molecule has 0 aliphatic rings. The van der Waals surface area contributed by atoms with Crippen LogP contribution in [-0.4, -0.2) is 29.1 Å². The number of hydrogen-bond acceptors (Lipinski definition) is 6. The zero-order valence-corrected chi connectivity index (χ0v) is 11.4. The molecular formula is C12H14ClN5O. The normalized spacial score (nSPS) is 10.3. The molecule has 0 aromatic carbocycles. The monoisotopic (exact) mass is 279 g/mol. The highest BCUT2D eigenvalue weighted by atomic mass is 35.5. The smallest absolute Gasteiger partial charge is 0.213 e. The van der Waals surface area contributed by atoms with E-state index in [1.807, 2.05) is 24.1 Å². The van der Waals surface area contributed by atoms with Crippen LogP contribution in [0.3, 0.4) is 0 Å². The summed E-state index contributed by atoms with van der Waals surface area (Å²) in [5, 5.41) is 0.341. The second-order valence-electron chi connectivity index (χ2n) is 3.92. The second kappa shape index (κ2) is 5.71. The minimum Gasteiger partial charge on any atom is -0.481 e. The van der Waals surface area contributed by atoms with E-state index in [4.69, 9.17) is 22.1 Å². The molecule has 7 heteroatoms. The first-order valence-corrected chi connectivity index (χ1v) is 5.96. The van der Waals surface area contributed by atoms with Crippen molar-refractivity contribution in [3.05, 3.63) is 35.2 Å². The van der Waals surface area contributed by atoms with E-state index in [1.165, 1.54) is 6.33 Å². The average molecular weight is 280 g/mol. The van der Waals surface area contributed by atoms with E-state index in [1.54, 1.807) is 13.2 Å². The molecule has 0 radical (unpaired) electrons. The average Bonchev–Trinajstić information content (AvgIpc) is 2.42. The second-order valence-corrected chi connectivity index (χ2v) is 4.30. The predicted molar refractivity (Wildman–Crippen MR) is 74.4 cm³/mol. The quantitative estimate of drug-likeness (QED) is 0.919. The third-order valence-corrected chi connectivity index (χ3v) is 2.91. The summed E-state index contributed by atoms with van der Waals surface area (Å²) in [6, 6.07) is 5.57. The summed E-state index contributed by atoms with van der Waals surface area (Å²) in [4.78, 5) is 14.1. The number of methoxy groups -OCH3 is 1. The van der Waals surface area contributed by atoms with Crippen LogP contribution >= 0.6 is 11.6 Å². The van der Waals surface area contributed by atoms with Gasteiger partial charge in [-0.3, -0.25) is 0 Å². The van der Waals surface area contributed by atoms with E-state index in [0.29, 0.717) is 23.3 Å². The summed E-state index contributed by atoms with van der Waals surface area (Å²) < 4.78 is 5.08. The summed E-state index contributed by atoms with van der Waals surface area (Å²) in [7, 11) is 3.44. The van der Waals surface area contributed by atoms with E-state index < -0.39 is 0 Å². The van der Waals surface area contributed by atoms with E-state index >= 15 is 0 Å². The summed E-state index contributed by atoms with van der Waals surface area (Å²) in [5.74, 6) is 1.40. The lowest BCUT2D eigenvalue weighted by molar-refractivity contribution is 0.396. The van der Waals surface area contributed by atoms with Gasteiger partial charge in [0.05, 0.1) is 19.3 Å². The summed E-state index contributed by atoms with van der Waals surface area (Å²) in [6.45, 7) is 0.535. The van der Waals surface area contributed by atoms with Crippen molar-refractivity contribution in [1.29, 1.82) is 0 Å². The van der Waals surface area contributed by atoms with Gasteiger partial charge in [-0.05, 0) is 6.07 Å². The van der Waals surface area contributed by atoms with Crippen molar-refractivity contribution in [2.24, 2.45) is 0 Å². The largest absolute Gasteiger partial charge is 0.481 e. The molecule has 2 aromatic heterocycles. The molecule has 0 saturated heterocycles. The zero-order valence-electron chi connectivity index (χ0n) is 10.7. The van der Waals surface area contributed by atoms with Gasteiger partial charge < -0.3 is 15.4 Å². The Hall–Kier alpha value is -2.08. The van der Waals surface area contributed by atoms with Crippen LogP contribution in [0.25, 0.3) is 0 Å². The lowest BCUT2D eigenvalue weighted by Gasteiger charge is -2.19. The van der Waals surface area contributed by atoms with Crippen LogP contribution < -0.4 is 15.4 Å². The van der Waals surface area contributed by atoms with Crippen LogP contribution in [0.15, 0.2) is 24.5 Å². The molecule has 0 bridgehead atoms. The molecular weight excluding hydrogens is 266 g/mol. The SMILES string of the molecule is COc1cccc(CN(C)c2ncnc(N)c2Cl)n1. The minimum atomic E-state index is 0.261. The summed E-state index contributed by atoms with van der Waals surface area (Å²) in [6.07, 6.45) is 1.38. The number of nitrogen functional groups attached to an aromatic ring is 1. The van der Waals surface area contributed by atoms with Gasteiger partial charge in [0.25, 0.3) is 0 Å². The Morgan fingerprint density at radius 2 is 2.16 bits per heavy atom. The fourth-order valence-electron chi connectivity index (χ4n) is 1.62. The third-order valence-electron chi connectivity index (χ3n) is 2.55. The Bertz CT molecular complexity index is 578. The molecule has 0 aliphatic heterocycles. The van der Waals surface area contributed by atoms with Crippen molar-refractivity contribution in [2.45, 2.75) is 6.54 Å². The topological polar surface area (TPSA) is 77.2 Å². The first-order valence-electron chi connectivity index (χ1n) is 5.59. The molecule has 0 saturated carbocycles. The van der Waals surface area contributed by atoms with E-state index in [-0.39, 0.29) is 5.82 Å². The van der Waals surface area contributed by atoms with Gasteiger partial charge in [-0.15, -0.1) is 0 Å². The molecule has 19 heavy (non-hydrogen) atoms. The minimum absolute atomic E-state index is 0.261. The Kier molecular flexibility index (Phi) is 4.01. The molecule has 0 unspecified atom stereocenters. The molecule has 6 nitrogen and oxygen atoms in total. The molecule has 100 valence electrons. The number of halogens is 1. The number of hydrogen-bond donors (Lipinski definition) is 1. The number of aromatic nitrogens is 3. The van der Waals surface area contributed by atoms with Crippen molar-refractivity contribution in [3.8, 4) is 5.88 Å². The van der Waals surface area contributed by atoms with Crippen molar-refractivity contribution < 1.29 is 4.74 Å². The molecule has 0 fully saturated rings. The maximum Gasteiger partial charge on any atom is 0.213 e. The Labute approximate surface area is 116 Å². The van der Waals surface area contributed by atoms with Crippen molar-refractivity contribution in [2.75, 3.05) is 24.8 Å². The highest BCUT2D eigenvalue weighted by molar-refractivity contribution is 6.35. The summed E-state index contributed by atoms with van der Waals surface area (Å²) >= 11 is 6.08. The van der Waals surface area contributed by atoms with E-state index in [9.17, 15) is 0 Å². The highest BCUT2D eigenvalue weighted by Crippen LogP contribution is 2.26. The molecule has 2 rings (SSSR count). The van der Waals surface area contributed by atoms with Crippen LogP contribution in [0.1, 0.15) is 5.69 Å². The Morgan fingerprint density at radius 3 is 2.89 bits per heavy atom. The summed E-state index contributed by atoms with van der Waals surface area (Å²) in [5.41, 5.74) is 6.49. The lowest BCUT2D eigenvalue weighted by Crippen LogP contribution is -2.19. The molecule has 0 atom stereocenters. The van der Waals surface area contributed by atoms with E-state index in [0.717, 1.165) is 5.69 Å². The van der Waals surface area contributed by atoms with Gasteiger partial charge in [-0.2, -0.15) is 0 Å². The van der Waals surface area contributed by atoms with Gasteiger partial charge in [0.2, 0.25) is 5.88 Å². The number of nitrogens with two attached hydrogens (primary N) is 1. The van der Waals surface area contributed by atoms with Gasteiger partial charge >= 0.3 is 0 Å². The lowest BCUT2D eigenvalue weighted by atomic mass is 10.3. The molecule has 2 N–H and O–H groups in total. The van der Waals surface area contributed by atoms with Gasteiger partial charge in [-0.1, -0.05) is 17.7 Å². The Balaban J connectivity index is 2.20. The van der Waals surface area contributed by atoms with Crippen LogP contribution in [-0.2, 0) is 6.54 Å².